The fourth-order valence-corrected chi connectivity index (χ4v) is 2.44. The van der Waals surface area contributed by atoms with Crippen LogP contribution in [0.1, 0.15) is 27.8 Å². The molecule has 1 rings (SSSR count). The van der Waals surface area contributed by atoms with E-state index in [1.807, 2.05) is 25.2 Å². The summed E-state index contributed by atoms with van der Waals surface area (Å²) >= 11 is 1.68. The first-order valence-corrected chi connectivity index (χ1v) is 5.17. The molecule has 0 bridgehead atoms. The van der Waals surface area contributed by atoms with Gasteiger partial charge in [-0.2, -0.15) is 0 Å². The predicted octanol–water partition coefficient (Wildman–Crippen LogP) is 4.71. The molecule has 1 heterocycles. The molecule has 0 saturated carbocycles. The van der Waals surface area contributed by atoms with E-state index >= 15 is 0 Å². The maximum absolute atomic E-state index is 3.95. The average molecular weight is 202 g/mol. The molecule has 0 unspecified atom stereocenters. The van der Waals surface area contributed by atoms with Crippen LogP contribution in [0.25, 0.3) is 23.8 Å². The molecule has 0 radical (unpaired) electrons. The minimum Gasteiger partial charge on any atom is -0.135 e. The lowest BCUT2D eigenvalue weighted by Crippen LogP contribution is -1.78. The van der Waals surface area contributed by atoms with Crippen LogP contribution < -0.4 is 0 Å². The van der Waals surface area contributed by atoms with E-state index in [1.54, 1.807) is 11.3 Å². The van der Waals surface area contributed by atoms with Crippen molar-refractivity contribution in [1.82, 2.24) is 0 Å². The van der Waals surface area contributed by atoms with Crippen molar-refractivity contribution in [3.8, 4) is 0 Å². The Bertz CT molecular complexity index is 405. The summed E-state index contributed by atoms with van der Waals surface area (Å²) in [5, 5.41) is 0. The van der Waals surface area contributed by atoms with Crippen LogP contribution in [0.4, 0.5) is 0 Å². The monoisotopic (exact) mass is 202 g/mol. The standard InChI is InChI=1S/C13H14S/c1-6-10-11(7-2)13(9(4)5)14-12(10)8-3/h6-8H,1-4H2,5H3. The van der Waals surface area contributed by atoms with Crippen molar-refractivity contribution in [1.29, 1.82) is 0 Å². The van der Waals surface area contributed by atoms with Gasteiger partial charge in [0.15, 0.2) is 0 Å². The molecule has 1 aromatic rings. The topological polar surface area (TPSA) is 0 Å². The molecule has 1 heteroatoms. The van der Waals surface area contributed by atoms with Gasteiger partial charge >= 0.3 is 0 Å². The molecule has 0 spiro atoms. The van der Waals surface area contributed by atoms with Crippen molar-refractivity contribution in [3.05, 3.63) is 47.2 Å². The second-order valence-corrected chi connectivity index (χ2v) is 4.07. The average Bonchev–Trinajstić information content (AvgIpc) is 2.54. The first-order valence-electron chi connectivity index (χ1n) is 4.35. The smallest absolute Gasteiger partial charge is 0.0378 e. The maximum atomic E-state index is 3.95. The lowest BCUT2D eigenvalue weighted by molar-refractivity contribution is 1.67. The summed E-state index contributed by atoms with van der Waals surface area (Å²) in [4.78, 5) is 2.30. The van der Waals surface area contributed by atoms with Crippen LogP contribution in [0.15, 0.2) is 26.3 Å². The Labute approximate surface area is 89.6 Å². The Morgan fingerprint density at radius 2 is 1.64 bits per heavy atom. The van der Waals surface area contributed by atoms with Crippen LogP contribution >= 0.6 is 11.3 Å². The molecule has 72 valence electrons. The minimum absolute atomic E-state index is 1.06. The van der Waals surface area contributed by atoms with Crippen LogP contribution in [0.5, 0.6) is 0 Å². The van der Waals surface area contributed by atoms with Crippen LogP contribution in [0.3, 0.4) is 0 Å². The summed E-state index contributed by atoms with van der Waals surface area (Å²) in [5.74, 6) is 0. The quantitative estimate of drug-likeness (QED) is 0.663. The van der Waals surface area contributed by atoms with Crippen molar-refractivity contribution >= 4 is 35.1 Å². The highest BCUT2D eigenvalue weighted by Gasteiger charge is 2.11. The first-order chi connectivity index (χ1) is 6.65. The fraction of sp³-hybridized carbons (Fsp3) is 0.0769. The summed E-state index contributed by atoms with van der Waals surface area (Å²) in [5.41, 5.74) is 3.28. The SMILES string of the molecule is C=Cc1sc(C(=C)C)c(C=C)c1C=C. The van der Waals surface area contributed by atoms with Gasteiger partial charge in [0.25, 0.3) is 0 Å². The summed E-state index contributed by atoms with van der Waals surface area (Å²) in [6.07, 6.45) is 5.54. The first kappa shape index (κ1) is 10.7. The molecule has 0 atom stereocenters. The summed E-state index contributed by atoms with van der Waals surface area (Å²) in [6.45, 7) is 17.4. The minimum atomic E-state index is 1.06. The van der Waals surface area contributed by atoms with Crippen molar-refractivity contribution in [2.24, 2.45) is 0 Å². The fourth-order valence-electron chi connectivity index (χ4n) is 1.36. The third-order valence-electron chi connectivity index (χ3n) is 1.99. The number of hydrogen-bond acceptors (Lipinski definition) is 1. The summed E-state index contributed by atoms with van der Waals surface area (Å²) < 4.78 is 0. The van der Waals surface area contributed by atoms with Crippen molar-refractivity contribution in [3.63, 3.8) is 0 Å². The second-order valence-electron chi connectivity index (χ2n) is 3.02. The molecule has 0 aliphatic heterocycles. The molecular formula is C13H14S. The Balaban J connectivity index is 3.53. The maximum Gasteiger partial charge on any atom is 0.0378 e. The highest BCUT2D eigenvalue weighted by molar-refractivity contribution is 7.14. The molecule has 0 saturated heterocycles. The van der Waals surface area contributed by atoms with Gasteiger partial charge in [0.05, 0.1) is 0 Å². The van der Waals surface area contributed by atoms with Crippen molar-refractivity contribution < 1.29 is 0 Å². The number of hydrogen-bond donors (Lipinski definition) is 0. The van der Waals surface area contributed by atoms with Crippen molar-refractivity contribution in [2.45, 2.75) is 6.92 Å². The van der Waals surface area contributed by atoms with Crippen LogP contribution in [-0.2, 0) is 0 Å². The number of thiophene rings is 1. The molecule has 0 amide bonds. The molecule has 1 aromatic heterocycles. The lowest BCUT2D eigenvalue weighted by Gasteiger charge is -1.97. The Hall–Kier alpha value is -1.34. The van der Waals surface area contributed by atoms with E-state index < -0.39 is 0 Å². The van der Waals surface area contributed by atoms with Gasteiger partial charge in [0, 0.05) is 9.75 Å². The van der Waals surface area contributed by atoms with Gasteiger partial charge in [-0.1, -0.05) is 44.5 Å². The van der Waals surface area contributed by atoms with Gasteiger partial charge in [-0.05, 0) is 23.6 Å². The van der Waals surface area contributed by atoms with E-state index in [-0.39, 0.29) is 0 Å². The molecule has 0 aromatic carbocycles. The summed E-state index contributed by atoms with van der Waals surface area (Å²) in [6, 6.07) is 0. The lowest BCUT2D eigenvalue weighted by atomic mass is 10.1. The van der Waals surface area contributed by atoms with Crippen molar-refractivity contribution in [2.75, 3.05) is 0 Å². The highest BCUT2D eigenvalue weighted by Crippen LogP contribution is 2.35. The van der Waals surface area contributed by atoms with E-state index in [0.29, 0.717) is 0 Å². The van der Waals surface area contributed by atoms with Gasteiger partial charge in [-0.25, -0.2) is 0 Å². The molecular weight excluding hydrogens is 188 g/mol. The predicted molar refractivity (Wildman–Crippen MR) is 69.3 cm³/mol. The van der Waals surface area contributed by atoms with Crippen LogP contribution in [0.2, 0.25) is 0 Å². The molecule has 0 aliphatic rings. The van der Waals surface area contributed by atoms with Crippen LogP contribution in [-0.4, -0.2) is 0 Å². The molecule has 0 aliphatic carbocycles. The third kappa shape index (κ3) is 1.64. The number of rotatable bonds is 4. The number of allylic oxidation sites excluding steroid dienone is 1. The van der Waals surface area contributed by atoms with Gasteiger partial charge in [0.2, 0.25) is 0 Å². The molecule has 14 heavy (non-hydrogen) atoms. The van der Waals surface area contributed by atoms with Gasteiger partial charge < -0.3 is 0 Å². The highest BCUT2D eigenvalue weighted by atomic mass is 32.1. The Morgan fingerprint density at radius 3 is 2.00 bits per heavy atom. The summed E-state index contributed by atoms with van der Waals surface area (Å²) in [7, 11) is 0. The zero-order chi connectivity index (χ0) is 10.7. The zero-order valence-corrected chi connectivity index (χ0v) is 9.29. The van der Waals surface area contributed by atoms with Gasteiger partial charge in [0.1, 0.15) is 0 Å². The second kappa shape index (κ2) is 4.25. The Morgan fingerprint density at radius 1 is 1.07 bits per heavy atom. The van der Waals surface area contributed by atoms with Crippen LogP contribution in [0, 0.1) is 0 Å². The molecule has 0 fully saturated rings. The largest absolute Gasteiger partial charge is 0.135 e. The van der Waals surface area contributed by atoms with E-state index in [0.717, 1.165) is 21.6 Å². The van der Waals surface area contributed by atoms with E-state index in [1.165, 1.54) is 4.88 Å². The molecule has 0 nitrogen and oxygen atoms in total. The molecule has 0 N–H and O–H groups in total. The Kier molecular flexibility index (Phi) is 3.26. The van der Waals surface area contributed by atoms with E-state index in [9.17, 15) is 0 Å². The van der Waals surface area contributed by atoms with Gasteiger partial charge in [-0.3, -0.25) is 0 Å². The van der Waals surface area contributed by atoms with Gasteiger partial charge in [-0.15, -0.1) is 11.3 Å². The van der Waals surface area contributed by atoms with E-state index in [2.05, 4.69) is 26.3 Å². The normalized spacial score (nSPS) is 9.50. The van der Waals surface area contributed by atoms with E-state index in [4.69, 9.17) is 0 Å². The zero-order valence-electron chi connectivity index (χ0n) is 8.47. The third-order valence-corrected chi connectivity index (χ3v) is 3.37.